The van der Waals surface area contributed by atoms with Crippen LogP contribution in [0.1, 0.15) is 44.1 Å². The van der Waals surface area contributed by atoms with Gasteiger partial charge in [0, 0.05) is 21.5 Å². The summed E-state index contributed by atoms with van der Waals surface area (Å²) in [5.74, 6) is 4.74. The number of rotatable bonds is 3. The molecule has 4 aliphatic carbocycles. The monoisotopic (exact) mass is 543 g/mol. The molecule has 4 aliphatic rings. The first-order chi connectivity index (χ1) is 20.7. The Hall–Kier alpha value is -4.37. The molecule has 0 amide bonds. The van der Waals surface area contributed by atoms with E-state index in [4.69, 9.17) is 4.98 Å². The van der Waals surface area contributed by atoms with Crippen LogP contribution in [-0.2, 0) is 5.41 Å². The summed E-state index contributed by atoms with van der Waals surface area (Å²) in [6, 6.07) is 40.1. The van der Waals surface area contributed by atoms with Gasteiger partial charge in [-0.05, 0) is 110 Å². The standard InChI is InChI=1S/C39H33N3/c1-4-11-33-29(8-1)30-9-2-5-12-34(30)41(33)37-14-7-15-38(40-37)42-35-13-6-3-10-31(35)32-21-28(16-17-36(32)42)39-22-25-18-26(23-39)20-27(19-25)24-39/h1-17,21,25-27H,18-20,22-24H2. The van der Waals surface area contributed by atoms with E-state index in [9.17, 15) is 0 Å². The molecule has 3 aromatic heterocycles. The molecule has 3 heterocycles. The second kappa shape index (κ2) is 8.35. The zero-order valence-electron chi connectivity index (χ0n) is 23.7. The molecule has 204 valence electrons. The third-order valence-corrected chi connectivity index (χ3v) is 11.1. The Morgan fingerprint density at radius 2 is 0.929 bits per heavy atom. The van der Waals surface area contributed by atoms with Crippen LogP contribution in [0.5, 0.6) is 0 Å². The second-order valence-corrected chi connectivity index (χ2v) is 13.5. The van der Waals surface area contributed by atoms with Crippen molar-refractivity contribution in [2.24, 2.45) is 17.8 Å². The van der Waals surface area contributed by atoms with Gasteiger partial charge in [0.15, 0.2) is 0 Å². The van der Waals surface area contributed by atoms with Crippen molar-refractivity contribution in [3.8, 4) is 11.6 Å². The highest BCUT2D eigenvalue weighted by Crippen LogP contribution is 2.61. The van der Waals surface area contributed by atoms with Crippen LogP contribution in [0.2, 0.25) is 0 Å². The Balaban J connectivity index is 1.17. The molecule has 0 spiro atoms. The quantitative estimate of drug-likeness (QED) is 0.217. The molecule has 4 saturated carbocycles. The van der Waals surface area contributed by atoms with Gasteiger partial charge in [-0.1, -0.05) is 66.7 Å². The molecule has 4 fully saturated rings. The smallest absolute Gasteiger partial charge is 0.140 e. The lowest BCUT2D eigenvalue weighted by Gasteiger charge is -2.57. The van der Waals surface area contributed by atoms with Crippen molar-refractivity contribution >= 4 is 43.6 Å². The van der Waals surface area contributed by atoms with E-state index in [-0.39, 0.29) is 0 Å². The predicted molar refractivity (Wildman–Crippen MR) is 173 cm³/mol. The van der Waals surface area contributed by atoms with Crippen molar-refractivity contribution in [2.75, 3.05) is 0 Å². The maximum atomic E-state index is 5.36. The van der Waals surface area contributed by atoms with Gasteiger partial charge in [-0.15, -0.1) is 0 Å². The van der Waals surface area contributed by atoms with Gasteiger partial charge in [-0.25, -0.2) is 4.98 Å². The Kier molecular flexibility index (Phi) is 4.62. The fraction of sp³-hybridized carbons (Fsp3) is 0.256. The van der Waals surface area contributed by atoms with Gasteiger partial charge in [0.2, 0.25) is 0 Å². The van der Waals surface area contributed by atoms with Gasteiger partial charge >= 0.3 is 0 Å². The molecule has 0 unspecified atom stereocenters. The summed E-state index contributed by atoms with van der Waals surface area (Å²) in [5, 5.41) is 5.20. The van der Waals surface area contributed by atoms with Gasteiger partial charge in [0.05, 0.1) is 22.1 Å². The number of aromatic nitrogens is 3. The van der Waals surface area contributed by atoms with Crippen LogP contribution < -0.4 is 0 Å². The van der Waals surface area contributed by atoms with Crippen molar-refractivity contribution in [1.82, 2.24) is 14.1 Å². The summed E-state index contributed by atoms with van der Waals surface area (Å²) in [7, 11) is 0. The highest BCUT2D eigenvalue weighted by Gasteiger charge is 2.51. The summed E-state index contributed by atoms with van der Waals surface area (Å²) >= 11 is 0. The number of nitrogens with zero attached hydrogens (tertiary/aromatic N) is 3. The molecular formula is C39H33N3. The fourth-order valence-electron chi connectivity index (χ4n) is 9.84. The molecule has 0 radical (unpaired) electrons. The average molecular weight is 544 g/mol. The minimum Gasteiger partial charge on any atom is -0.294 e. The van der Waals surface area contributed by atoms with Crippen molar-refractivity contribution in [2.45, 2.75) is 43.9 Å². The third-order valence-electron chi connectivity index (χ3n) is 11.1. The highest BCUT2D eigenvalue weighted by atomic mass is 15.1. The number of fused-ring (bicyclic) bond motifs is 6. The molecule has 11 rings (SSSR count). The Labute approximate surface area is 245 Å². The summed E-state index contributed by atoms with van der Waals surface area (Å²) in [4.78, 5) is 5.36. The Morgan fingerprint density at radius 1 is 0.476 bits per heavy atom. The molecule has 0 atom stereocenters. The largest absolute Gasteiger partial charge is 0.294 e. The second-order valence-electron chi connectivity index (χ2n) is 13.5. The maximum absolute atomic E-state index is 5.36. The van der Waals surface area contributed by atoms with Gasteiger partial charge in [0.25, 0.3) is 0 Å². The van der Waals surface area contributed by atoms with E-state index in [1.54, 1.807) is 5.56 Å². The number of pyridine rings is 1. The van der Waals surface area contributed by atoms with E-state index in [2.05, 4.69) is 118 Å². The SMILES string of the molecule is c1cc(-n2c3ccccc3c3ccccc32)nc(-n2c3ccccc3c3cc(C45CC6CC(CC(C6)C4)C5)ccc32)c1. The first-order valence-electron chi connectivity index (χ1n) is 15.7. The number of hydrogen-bond acceptors (Lipinski definition) is 1. The molecule has 42 heavy (non-hydrogen) atoms. The summed E-state index contributed by atoms with van der Waals surface area (Å²) in [5.41, 5.74) is 6.82. The molecule has 3 heteroatoms. The third kappa shape index (κ3) is 3.14. The van der Waals surface area contributed by atoms with Crippen molar-refractivity contribution in [3.05, 3.63) is 115 Å². The number of hydrogen-bond donors (Lipinski definition) is 0. The van der Waals surface area contributed by atoms with Gasteiger partial charge in [-0.2, -0.15) is 0 Å². The van der Waals surface area contributed by atoms with Gasteiger partial charge in [-0.3, -0.25) is 9.13 Å². The minimum atomic E-state index is 0.390. The zero-order valence-corrected chi connectivity index (χ0v) is 23.7. The van der Waals surface area contributed by atoms with Crippen LogP contribution in [0.25, 0.3) is 55.2 Å². The van der Waals surface area contributed by atoms with Crippen LogP contribution in [-0.4, -0.2) is 14.1 Å². The minimum absolute atomic E-state index is 0.390. The van der Waals surface area contributed by atoms with Gasteiger partial charge in [0.1, 0.15) is 11.6 Å². The van der Waals surface area contributed by atoms with Crippen molar-refractivity contribution in [1.29, 1.82) is 0 Å². The lowest BCUT2D eigenvalue weighted by atomic mass is 9.48. The molecule has 4 aromatic carbocycles. The molecular weight excluding hydrogens is 510 g/mol. The van der Waals surface area contributed by atoms with Crippen LogP contribution in [0.4, 0.5) is 0 Å². The molecule has 3 nitrogen and oxygen atoms in total. The molecule has 7 aromatic rings. The fourth-order valence-corrected chi connectivity index (χ4v) is 9.84. The molecule has 0 saturated heterocycles. The average Bonchev–Trinajstić information content (AvgIpc) is 3.53. The summed E-state index contributed by atoms with van der Waals surface area (Å²) < 4.78 is 4.69. The first-order valence-corrected chi connectivity index (χ1v) is 15.7. The molecule has 0 N–H and O–H groups in total. The van der Waals surface area contributed by atoms with E-state index < -0.39 is 0 Å². The van der Waals surface area contributed by atoms with E-state index in [0.717, 1.165) is 29.4 Å². The van der Waals surface area contributed by atoms with E-state index in [0.29, 0.717) is 5.41 Å². The lowest BCUT2D eigenvalue weighted by molar-refractivity contribution is -0.00512. The Morgan fingerprint density at radius 3 is 1.45 bits per heavy atom. The van der Waals surface area contributed by atoms with E-state index in [1.165, 1.54) is 82.1 Å². The normalized spacial score (nSPS) is 24.9. The lowest BCUT2D eigenvalue weighted by Crippen LogP contribution is -2.48. The van der Waals surface area contributed by atoms with Crippen LogP contribution >= 0.6 is 0 Å². The first kappa shape index (κ1) is 23.2. The van der Waals surface area contributed by atoms with Crippen molar-refractivity contribution in [3.63, 3.8) is 0 Å². The van der Waals surface area contributed by atoms with Crippen LogP contribution in [0.15, 0.2) is 109 Å². The van der Waals surface area contributed by atoms with E-state index >= 15 is 0 Å². The Bertz CT molecular complexity index is 2110. The van der Waals surface area contributed by atoms with Crippen LogP contribution in [0, 0.1) is 17.8 Å². The summed E-state index contributed by atoms with van der Waals surface area (Å²) in [6.45, 7) is 0. The highest BCUT2D eigenvalue weighted by molar-refractivity contribution is 6.10. The predicted octanol–water partition coefficient (Wildman–Crippen LogP) is 9.74. The number of para-hydroxylation sites is 3. The topological polar surface area (TPSA) is 22.8 Å². The summed E-state index contributed by atoms with van der Waals surface area (Å²) in [6.07, 6.45) is 8.63. The maximum Gasteiger partial charge on any atom is 0.140 e. The number of benzene rings is 4. The zero-order chi connectivity index (χ0) is 27.4. The van der Waals surface area contributed by atoms with E-state index in [1.807, 2.05) is 0 Å². The molecule has 0 aliphatic heterocycles. The van der Waals surface area contributed by atoms with Crippen LogP contribution in [0.3, 0.4) is 0 Å². The van der Waals surface area contributed by atoms with Crippen molar-refractivity contribution < 1.29 is 0 Å². The van der Waals surface area contributed by atoms with Gasteiger partial charge < -0.3 is 0 Å². The molecule has 4 bridgehead atoms.